The van der Waals surface area contributed by atoms with Crippen LogP contribution in [0.5, 0.6) is 0 Å². The van der Waals surface area contributed by atoms with Gasteiger partial charge in [-0.05, 0) is 51.6 Å². The van der Waals surface area contributed by atoms with Gasteiger partial charge in [0.2, 0.25) is 5.91 Å². The molecular weight excluding hydrogens is 308 g/mol. The Hall–Kier alpha value is -1.69. The molecule has 0 bridgehead atoms. The van der Waals surface area contributed by atoms with E-state index < -0.39 is 0 Å². The van der Waals surface area contributed by atoms with Crippen LogP contribution >= 0.6 is 11.8 Å². The summed E-state index contributed by atoms with van der Waals surface area (Å²) in [5, 5.41) is 9.12. The molecule has 0 saturated carbocycles. The summed E-state index contributed by atoms with van der Waals surface area (Å²) in [6, 6.07) is 8.33. The molecule has 0 saturated heterocycles. The van der Waals surface area contributed by atoms with Gasteiger partial charge >= 0.3 is 0 Å². The number of carbonyl (C=O) groups excluding carboxylic acids is 1. The maximum Gasteiger partial charge on any atom is 0.239 e. The van der Waals surface area contributed by atoms with Gasteiger partial charge in [0, 0.05) is 17.0 Å². The Kier molecular flexibility index (Phi) is 7.95. The summed E-state index contributed by atoms with van der Waals surface area (Å²) in [4.78, 5) is 17.6. The maximum absolute atomic E-state index is 11.9. The molecule has 6 heteroatoms. The molecule has 1 aromatic carbocycles. The molecule has 0 fully saturated rings. The van der Waals surface area contributed by atoms with E-state index >= 15 is 0 Å². The number of thioether (sulfide) groups is 1. The van der Waals surface area contributed by atoms with Gasteiger partial charge in [-0.25, -0.2) is 4.99 Å². The fourth-order valence-electron chi connectivity index (χ4n) is 1.87. The number of amides is 1. The Labute approximate surface area is 143 Å². The van der Waals surface area contributed by atoms with E-state index in [1.807, 2.05) is 27.7 Å². The van der Waals surface area contributed by atoms with Gasteiger partial charge in [-0.2, -0.15) is 0 Å². The molecule has 0 heterocycles. The van der Waals surface area contributed by atoms with E-state index in [0.717, 1.165) is 12.1 Å². The minimum Gasteiger partial charge on any atom is -0.357 e. The summed E-state index contributed by atoms with van der Waals surface area (Å²) >= 11 is 1.72. The third-order valence-corrected chi connectivity index (χ3v) is 3.60. The largest absolute Gasteiger partial charge is 0.357 e. The summed E-state index contributed by atoms with van der Waals surface area (Å²) in [7, 11) is 0. The van der Waals surface area contributed by atoms with Crippen LogP contribution in [0.2, 0.25) is 0 Å². The first-order chi connectivity index (χ1) is 10.8. The van der Waals surface area contributed by atoms with Gasteiger partial charge in [-0.3, -0.25) is 4.79 Å². The molecule has 5 nitrogen and oxygen atoms in total. The Balaban J connectivity index is 2.57. The number of nitrogens with one attached hydrogen (secondary N) is 3. The molecular formula is C17H28N4OS. The number of benzene rings is 1. The van der Waals surface area contributed by atoms with Crippen LogP contribution in [0.4, 0.5) is 0 Å². The molecule has 0 aliphatic heterocycles. The first-order valence-corrected chi connectivity index (χ1v) is 9.02. The van der Waals surface area contributed by atoms with Gasteiger partial charge in [-0.15, -0.1) is 11.8 Å². The standard InChI is InChI=1S/C17H28N4OS/c1-6-18-16(20-12-15(22)21-17(2,3)4)19-11-13-7-9-14(23-5)10-8-13/h7-10H,6,11-12H2,1-5H3,(H,21,22)(H2,18,19,20). The van der Waals surface area contributed by atoms with Crippen LogP contribution in [0.15, 0.2) is 34.2 Å². The van der Waals surface area contributed by atoms with E-state index in [9.17, 15) is 4.79 Å². The lowest BCUT2D eigenvalue weighted by Crippen LogP contribution is -2.48. The zero-order chi connectivity index (χ0) is 17.3. The number of aliphatic imine (C=N–C) groups is 1. The highest BCUT2D eigenvalue weighted by atomic mass is 32.2. The van der Waals surface area contributed by atoms with Crippen molar-refractivity contribution in [2.24, 2.45) is 4.99 Å². The van der Waals surface area contributed by atoms with Gasteiger partial charge in [0.1, 0.15) is 0 Å². The van der Waals surface area contributed by atoms with Crippen LogP contribution < -0.4 is 16.0 Å². The molecule has 23 heavy (non-hydrogen) atoms. The Morgan fingerprint density at radius 2 is 1.83 bits per heavy atom. The summed E-state index contributed by atoms with van der Waals surface area (Å²) in [6.45, 7) is 9.41. The minimum atomic E-state index is -0.229. The van der Waals surface area contributed by atoms with E-state index in [2.05, 4.69) is 51.5 Å². The van der Waals surface area contributed by atoms with Crippen LogP contribution in [0.1, 0.15) is 33.3 Å². The topological polar surface area (TPSA) is 65.5 Å². The molecule has 1 amide bonds. The van der Waals surface area contributed by atoms with Crippen LogP contribution in [-0.4, -0.2) is 36.8 Å². The predicted octanol–water partition coefficient (Wildman–Crippen LogP) is 2.38. The Bertz CT molecular complexity index is 520. The number of hydrogen-bond acceptors (Lipinski definition) is 3. The molecule has 0 aliphatic carbocycles. The zero-order valence-electron chi connectivity index (χ0n) is 14.7. The van der Waals surface area contributed by atoms with Crippen molar-refractivity contribution in [2.45, 2.75) is 44.7 Å². The third-order valence-electron chi connectivity index (χ3n) is 2.85. The fourth-order valence-corrected chi connectivity index (χ4v) is 2.28. The van der Waals surface area contributed by atoms with Crippen LogP contribution in [-0.2, 0) is 11.3 Å². The SMILES string of the molecule is CCNC(=NCc1ccc(SC)cc1)NCC(=O)NC(C)(C)C. The van der Waals surface area contributed by atoms with Crippen molar-refractivity contribution in [3.8, 4) is 0 Å². The quantitative estimate of drug-likeness (QED) is 0.424. The van der Waals surface area contributed by atoms with Crippen molar-refractivity contribution in [1.82, 2.24) is 16.0 Å². The highest BCUT2D eigenvalue weighted by Crippen LogP contribution is 2.15. The summed E-state index contributed by atoms with van der Waals surface area (Å²) < 4.78 is 0. The third kappa shape index (κ3) is 8.50. The lowest BCUT2D eigenvalue weighted by atomic mass is 10.1. The molecule has 0 spiro atoms. The number of nitrogens with zero attached hydrogens (tertiary/aromatic N) is 1. The van der Waals surface area contributed by atoms with Gasteiger partial charge in [0.25, 0.3) is 0 Å². The fraction of sp³-hybridized carbons (Fsp3) is 0.529. The second-order valence-electron chi connectivity index (χ2n) is 6.19. The van der Waals surface area contributed by atoms with E-state index in [0.29, 0.717) is 12.5 Å². The van der Waals surface area contributed by atoms with Crippen molar-refractivity contribution in [2.75, 3.05) is 19.3 Å². The van der Waals surface area contributed by atoms with E-state index in [4.69, 9.17) is 0 Å². The van der Waals surface area contributed by atoms with Crippen LogP contribution in [0.3, 0.4) is 0 Å². The monoisotopic (exact) mass is 336 g/mol. The molecule has 0 unspecified atom stereocenters. The van der Waals surface area contributed by atoms with Crippen molar-refractivity contribution >= 4 is 23.6 Å². The van der Waals surface area contributed by atoms with Crippen molar-refractivity contribution < 1.29 is 4.79 Å². The smallest absolute Gasteiger partial charge is 0.239 e. The Morgan fingerprint density at radius 1 is 1.17 bits per heavy atom. The molecule has 1 rings (SSSR count). The normalized spacial score (nSPS) is 12.0. The van der Waals surface area contributed by atoms with Gasteiger partial charge < -0.3 is 16.0 Å². The zero-order valence-corrected chi connectivity index (χ0v) is 15.5. The number of carbonyl (C=O) groups is 1. The summed E-state index contributed by atoms with van der Waals surface area (Å²) in [5.74, 6) is 0.595. The van der Waals surface area contributed by atoms with E-state index in [1.165, 1.54) is 4.90 Å². The first kappa shape index (κ1) is 19.4. The first-order valence-electron chi connectivity index (χ1n) is 7.80. The maximum atomic E-state index is 11.9. The number of guanidine groups is 1. The van der Waals surface area contributed by atoms with E-state index in [-0.39, 0.29) is 18.0 Å². The van der Waals surface area contributed by atoms with Crippen LogP contribution in [0.25, 0.3) is 0 Å². The molecule has 0 aromatic heterocycles. The van der Waals surface area contributed by atoms with Gasteiger partial charge in [0.15, 0.2) is 5.96 Å². The minimum absolute atomic E-state index is 0.0487. The van der Waals surface area contributed by atoms with E-state index in [1.54, 1.807) is 11.8 Å². The number of hydrogen-bond donors (Lipinski definition) is 3. The van der Waals surface area contributed by atoms with Crippen molar-refractivity contribution in [3.63, 3.8) is 0 Å². The lowest BCUT2D eigenvalue weighted by Gasteiger charge is -2.21. The average molecular weight is 337 g/mol. The second-order valence-corrected chi connectivity index (χ2v) is 7.07. The highest BCUT2D eigenvalue weighted by Gasteiger charge is 2.13. The van der Waals surface area contributed by atoms with Gasteiger partial charge in [0.05, 0.1) is 13.1 Å². The lowest BCUT2D eigenvalue weighted by molar-refractivity contribution is -0.121. The average Bonchev–Trinajstić information content (AvgIpc) is 2.49. The molecule has 3 N–H and O–H groups in total. The summed E-state index contributed by atoms with van der Waals surface area (Å²) in [5.41, 5.74) is 0.909. The molecule has 128 valence electrons. The van der Waals surface area contributed by atoms with Crippen molar-refractivity contribution in [1.29, 1.82) is 0 Å². The second kappa shape index (κ2) is 9.45. The molecule has 1 aromatic rings. The molecule has 0 atom stereocenters. The Morgan fingerprint density at radius 3 is 2.35 bits per heavy atom. The molecule has 0 aliphatic rings. The highest BCUT2D eigenvalue weighted by molar-refractivity contribution is 7.98. The summed E-state index contributed by atoms with van der Waals surface area (Å²) in [6.07, 6.45) is 2.06. The molecule has 0 radical (unpaired) electrons. The van der Waals surface area contributed by atoms with Crippen molar-refractivity contribution in [3.05, 3.63) is 29.8 Å². The van der Waals surface area contributed by atoms with Gasteiger partial charge in [-0.1, -0.05) is 12.1 Å². The number of rotatable bonds is 6. The van der Waals surface area contributed by atoms with Crippen LogP contribution in [0, 0.1) is 0 Å². The predicted molar refractivity (Wildman–Crippen MR) is 98.9 cm³/mol.